The molecule has 1 aliphatic heterocycles. The number of hydrogen-bond acceptors (Lipinski definition) is 3. The van der Waals surface area contributed by atoms with E-state index in [4.69, 9.17) is 10.7 Å². The average molecular weight is 437 g/mol. The van der Waals surface area contributed by atoms with E-state index in [2.05, 4.69) is 22.0 Å². The van der Waals surface area contributed by atoms with Crippen molar-refractivity contribution in [1.82, 2.24) is 15.1 Å². The molecule has 23 heavy (non-hydrogen) atoms. The van der Waals surface area contributed by atoms with Crippen molar-refractivity contribution >= 4 is 35.8 Å². The Morgan fingerprint density at radius 1 is 1.26 bits per heavy atom. The van der Waals surface area contributed by atoms with E-state index in [1.54, 1.807) is 0 Å². The van der Waals surface area contributed by atoms with Crippen molar-refractivity contribution < 1.29 is 4.79 Å². The van der Waals surface area contributed by atoms with E-state index in [9.17, 15) is 4.79 Å². The fourth-order valence-electron chi connectivity index (χ4n) is 2.95. The van der Waals surface area contributed by atoms with Gasteiger partial charge in [-0.3, -0.25) is 14.7 Å². The first kappa shape index (κ1) is 20.5. The minimum absolute atomic E-state index is 0. The number of halogens is 1. The zero-order chi connectivity index (χ0) is 16.2. The number of nitrogens with zero attached hydrogens (tertiary/aromatic N) is 3. The van der Waals surface area contributed by atoms with Crippen LogP contribution in [0.25, 0.3) is 0 Å². The maximum absolute atomic E-state index is 11.6. The van der Waals surface area contributed by atoms with Crippen molar-refractivity contribution in [2.45, 2.75) is 45.6 Å². The molecule has 0 atom stereocenters. The van der Waals surface area contributed by atoms with Gasteiger partial charge in [0.1, 0.15) is 0 Å². The first-order valence-corrected chi connectivity index (χ1v) is 8.53. The summed E-state index contributed by atoms with van der Waals surface area (Å²) in [6.07, 6.45) is 4.00. The highest BCUT2D eigenvalue weighted by atomic mass is 127. The lowest BCUT2D eigenvalue weighted by atomic mass is 9.86. The molecule has 2 rings (SSSR count). The number of rotatable bonds is 5. The van der Waals surface area contributed by atoms with Gasteiger partial charge in [0.05, 0.1) is 5.54 Å². The highest BCUT2D eigenvalue weighted by Crippen LogP contribution is 2.26. The van der Waals surface area contributed by atoms with E-state index in [1.807, 2.05) is 13.8 Å². The molecule has 3 N–H and O–H groups in total. The van der Waals surface area contributed by atoms with Crippen LogP contribution in [0.5, 0.6) is 0 Å². The molecule has 1 saturated heterocycles. The molecule has 1 aliphatic carbocycles. The zero-order valence-corrected chi connectivity index (χ0v) is 17.0. The number of piperazine rings is 1. The summed E-state index contributed by atoms with van der Waals surface area (Å²) in [6.45, 7) is 11.2. The summed E-state index contributed by atoms with van der Waals surface area (Å²) in [6, 6.07) is 0. The molecule has 0 aromatic rings. The van der Waals surface area contributed by atoms with Crippen LogP contribution in [-0.4, -0.2) is 66.5 Å². The van der Waals surface area contributed by atoms with Gasteiger partial charge in [0.15, 0.2) is 5.96 Å². The molecule has 2 aliphatic rings. The van der Waals surface area contributed by atoms with E-state index in [0.717, 1.165) is 51.1 Å². The van der Waals surface area contributed by atoms with Crippen molar-refractivity contribution in [3.05, 3.63) is 0 Å². The van der Waals surface area contributed by atoms with Crippen LogP contribution in [0.4, 0.5) is 0 Å². The van der Waals surface area contributed by atoms with E-state index in [-0.39, 0.29) is 29.9 Å². The van der Waals surface area contributed by atoms with Gasteiger partial charge < -0.3 is 16.0 Å². The molecule has 0 bridgehead atoms. The number of carbonyl (C=O) groups is 1. The largest absolute Gasteiger partial charge is 0.368 e. The van der Waals surface area contributed by atoms with Gasteiger partial charge in [-0.25, -0.2) is 0 Å². The highest BCUT2D eigenvalue weighted by molar-refractivity contribution is 14.0. The summed E-state index contributed by atoms with van der Waals surface area (Å²) in [5.74, 6) is 1.54. The van der Waals surface area contributed by atoms with Gasteiger partial charge in [-0.1, -0.05) is 6.42 Å². The van der Waals surface area contributed by atoms with Gasteiger partial charge in [0, 0.05) is 39.3 Å². The smallest absolute Gasteiger partial charge is 0.237 e. The Morgan fingerprint density at radius 3 is 2.30 bits per heavy atom. The summed E-state index contributed by atoms with van der Waals surface area (Å²) >= 11 is 0. The van der Waals surface area contributed by atoms with Crippen molar-refractivity contribution in [3.63, 3.8) is 0 Å². The van der Waals surface area contributed by atoms with Crippen molar-refractivity contribution in [2.24, 2.45) is 16.6 Å². The number of carbonyl (C=O) groups excluding carboxylic acids is 1. The van der Waals surface area contributed by atoms with E-state index >= 15 is 0 Å². The Balaban J connectivity index is 0.00000264. The van der Waals surface area contributed by atoms with E-state index in [1.165, 1.54) is 19.3 Å². The van der Waals surface area contributed by atoms with E-state index < -0.39 is 5.54 Å². The predicted molar refractivity (Wildman–Crippen MR) is 105 cm³/mol. The Bertz CT molecular complexity index is 415. The number of guanidine groups is 1. The van der Waals surface area contributed by atoms with E-state index in [0.29, 0.717) is 0 Å². The molecule has 2 fully saturated rings. The molecular formula is C16H32IN5O. The lowest BCUT2D eigenvalue weighted by Gasteiger charge is -2.43. The fraction of sp³-hybridized carbons (Fsp3) is 0.875. The van der Waals surface area contributed by atoms with Crippen LogP contribution in [0, 0.1) is 5.92 Å². The quantitative estimate of drug-likeness (QED) is 0.386. The number of nitrogens with one attached hydrogen (secondary N) is 1. The summed E-state index contributed by atoms with van der Waals surface area (Å²) in [5, 5.41) is 3.40. The highest BCUT2D eigenvalue weighted by Gasteiger charge is 2.35. The maximum Gasteiger partial charge on any atom is 0.237 e. The molecule has 0 spiro atoms. The minimum atomic E-state index is -0.576. The first-order valence-electron chi connectivity index (χ1n) is 8.53. The van der Waals surface area contributed by atoms with Crippen LogP contribution in [0.15, 0.2) is 4.99 Å². The Morgan fingerprint density at radius 2 is 1.87 bits per heavy atom. The molecule has 1 saturated carbocycles. The van der Waals surface area contributed by atoms with Crippen LogP contribution >= 0.6 is 24.0 Å². The third-order valence-electron chi connectivity index (χ3n) is 5.03. The predicted octanol–water partition coefficient (Wildman–Crippen LogP) is 1.25. The van der Waals surface area contributed by atoms with Crippen LogP contribution in [0.3, 0.4) is 0 Å². The monoisotopic (exact) mass is 437 g/mol. The van der Waals surface area contributed by atoms with Crippen LogP contribution in [0.2, 0.25) is 0 Å². The van der Waals surface area contributed by atoms with Gasteiger partial charge >= 0.3 is 0 Å². The van der Waals surface area contributed by atoms with Gasteiger partial charge in [0.25, 0.3) is 0 Å². The molecule has 1 heterocycles. The van der Waals surface area contributed by atoms with Crippen LogP contribution in [-0.2, 0) is 4.79 Å². The lowest BCUT2D eigenvalue weighted by Crippen LogP contribution is -2.61. The minimum Gasteiger partial charge on any atom is -0.368 e. The molecule has 7 heteroatoms. The summed E-state index contributed by atoms with van der Waals surface area (Å²) < 4.78 is 0. The number of amides is 1. The van der Waals surface area contributed by atoms with Gasteiger partial charge in [-0.05, 0) is 39.5 Å². The average Bonchev–Trinajstić information content (AvgIpc) is 2.44. The van der Waals surface area contributed by atoms with Gasteiger partial charge in [-0.15, -0.1) is 24.0 Å². The second-order valence-electron chi connectivity index (χ2n) is 6.89. The number of hydrogen-bond donors (Lipinski definition) is 2. The molecule has 1 amide bonds. The Kier molecular flexibility index (Phi) is 8.06. The second-order valence-corrected chi connectivity index (χ2v) is 6.89. The number of aliphatic imine (C=N–C) groups is 1. The molecule has 134 valence electrons. The Hall–Kier alpha value is -0.570. The lowest BCUT2D eigenvalue weighted by molar-refractivity contribution is -0.129. The fourth-order valence-corrected chi connectivity index (χ4v) is 2.95. The summed E-state index contributed by atoms with van der Waals surface area (Å²) in [7, 11) is 0. The SMILES string of the molecule is CCNC(=NCC1CCC1)N1CCN(C(C)(C)C(N)=O)CC1.I. The van der Waals surface area contributed by atoms with Crippen LogP contribution in [0.1, 0.15) is 40.0 Å². The third-order valence-corrected chi connectivity index (χ3v) is 5.03. The first-order chi connectivity index (χ1) is 10.4. The summed E-state index contributed by atoms with van der Waals surface area (Å²) in [4.78, 5) is 20.9. The van der Waals surface area contributed by atoms with Gasteiger partial charge in [-0.2, -0.15) is 0 Å². The zero-order valence-electron chi connectivity index (χ0n) is 14.7. The van der Waals surface area contributed by atoms with Crippen molar-refractivity contribution in [3.8, 4) is 0 Å². The number of primary amides is 1. The summed E-state index contributed by atoms with van der Waals surface area (Å²) in [5.41, 5.74) is 4.94. The molecule has 0 aromatic carbocycles. The third kappa shape index (κ3) is 5.20. The van der Waals surface area contributed by atoms with Crippen LogP contribution < -0.4 is 11.1 Å². The molecule has 6 nitrogen and oxygen atoms in total. The number of nitrogens with two attached hydrogens (primary N) is 1. The topological polar surface area (TPSA) is 74.0 Å². The molecule has 0 aromatic heterocycles. The standard InChI is InChI=1S/C16H31N5O.HI/c1-4-18-15(19-12-13-6-5-7-13)20-8-10-21(11-9-20)16(2,3)14(17)22;/h13H,4-12H2,1-3H3,(H2,17,22)(H,18,19);1H. The molecule has 0 radical (unpaired) electrons. The van der Waals surface area contributed by atoms with Gasteiger partial charge in [0.2, 0.25) is 5.91 Å². The van der Waals surface area contributed by atoms with Crippen molar-refractivity contribution in [1.29, 1.82) is 0 Å². The Labute approximate surface area is 157 Å². The second kappa shape index (κ2) is 9.05. The molecule has 0 unspecified atom stereocenters. The normalized spacial score (nSPS) is 20.7. The maximum atomic E-state index is 11.6. The molecular weight excluding hydrogens is 405 g/mol. The van der Waals surface area contributed by atoms with Crippen molar-refractivity contribution in [2.75, 3.05) is 39.3 Å².